The van der Waals surface area contributed by atoms with E-state index in [2.05, 4.69) is 20.8 Å². The first-order chi connectivity index (χ1) is 12.8. The third kappa shape index (κ3) is 4.45. The Balaban J connectivity index is 1.89. The second-order valence-electron chi connectivity index (χ2n) is 5.66. The van der Waals surface area contributed by atoms with Crippen molar-refractivity contribution in [1.82, 2.24) is 10.2 Å². The van der Waals surface area contributed by atoms with Gasteiger partial charge in [0.25, 0.3) is 0 Å². The van der Waals surface area contributed by atoms with Crippen LogP contribution in [0.5, 0.6) is 0 Å². The standard InChI is InChI=1S/C18H14Cl2N4O3/c1-9(25)21-11-3-5-13(15(19)7-11)17-23-24-18(27-17)14-6-4-12(8-16(14)20)22-10(2)26/h3-8H,1-2H3,(H,21,25)(H,22,26). The number of nitrogens with one attached hydrogen (secondary N) is 2. The molecule has 2 N–H and O–H groups in total. The number of anilines is 2. The maximum absolute atomic E-state index is 11.1. The molecule has 138 valence electrons. The Morgan fingerprint density at radius 2 is 1.22 bits per heavy atom. The zero-order valence-corrected chi connectivity index (χ0v) is 15.9. The van der Waals surface area contributed by atoms with Gasteiger partial charge >= 0.3 is 0 Å². The van der Waals surface area contributed by atoms with Crippen molar-refractivity contribution < 1.29 is 14.0 Å². The molecule has 0 aliphatic heterocycles. The highest BCUT2D eigenvalue weighted by atomic mass is 35.5. The Labute approximate surface area is 164 Å². The SMILES string of the molecule is CC(=O)Nc1ccc(-c2nnc(-c3ccc(NC(C)=O)cc3Cl)o2)c(Cl)c1. The van der Waals surface area contributed by atoms with E-state index >= 15 is 0 Å². The van der Waals surface area contributed by atoms with Crippen LogP contribution in [0.2, 0.25) is 10.0 Å². The van der Waals surface area contributed by atoms with E-state index in [-0.39, 0.29) is 23.6 Å². The van der Waals surface area contributed by atoms with Crippen LogP contribution < -0.4 is 10.6 Å². The molecule has 3 aromatic rings. The molecule has 3 rings (SSSR count). The molecular weight excluding hydrogens is 391 g/mol. The lowest BCUT2D eigenvalue weighted by Crippen LogP contribution is -2.05. The van der Waals surface area contributed by atoms with Crippen LogP contribution in [0.15, 0.2) is 40.8 Å². The van der Waals surface area contributed by atoms with E-state index in [0.717, 1.165) is 0 Å². The molecule has 1 aromatic heterocycles. The zero-order chi connectivity index (χ0) is 19.6. The van der Waals surface area contributed by atoms with Crippen molar-refractivity contribution >= 4 is 46.4 Å². The highest BCUT2D eigenvalue weighted by molar-refractivity contribution is 6.34. The van der Waals surface area contributed by atoms with Crippen LogP contribution in [-0.2, 0) is 9.59 Å². The van der Waals surface area contributed by atoms with E-state index in [4.69, 9.17) is 27.6 Å². The molecule has 7 nitrogen and oxygen atoms in total. The van der Waals surface area contributed by atoms with Crippen molar-refractivity contribution in [3.63, 3.8) is 0 Å². The lowest BCUT2D eigenvalue weighted by Gasteiger charge is -2.05. The first kappa shape index (κ1) is 18.9. The number of carbonyl (C=O) groups excluding carboxylic acids is 2. The van der Waals surface area contributed by atoms with Crippen LogP contribution in [0.4, 0.5) is 11.4 Å². The van der Waals surface area contributed by atoms with Crippen molar-refractivity contribution in [3.8, 4) is 22.9 Å². The number of halogens is 2. The molecule has 9 heteroatoms. The third-order valence-corrected chi connectivity index (χ3v) is 4.09. The first-order valence-electron chi connectivity index (χ1n) is 7.82. The second-order valence-corrected chi connectivity index (χ2v) is 6.48. The summed E-state index contributed by atoms with van der Waals surface area (Å²) in [5, 5.41) is 14.0. The van der Waals surface area contributed by atoms with E-state index < -0.39 is 0 Å². The maximum atomic E-state index is 11.1. The minimum Gasteiger partial charge on any atom is -0.416 e. The monoisotopic (exact) mass is 404 g/mol. The Morgan fingerprint density at radius 3 is 1.56 bits per heavy atom. The molecule has 0 aliphatic rings. The summed E-state index contributed by atoms with van der Waals surface area (Å²) in [7, 11) is 0. The van der Waals surface area contributed by atoms with E-state index in [1.165, 1.54) is 13.8 Å². The molecule has 2 amide bonds. The van der Waals surface area contributed by atoms with Crippen LogP contribution in [0.1, 0.15) is 13.8 Å². The summed E-state index contributed by atoms with van der Waals surface area (Å²) in [4.78, 5) is 22.2. The summed E-state index contributed by atoms with van der Waals surface area (Å²) >= 11 is 12.5. The van der Waals surface area contributed by atoms with Crippen molar-refractivity contribution in [1.29, 1.82) is 0 Å². The molecular formula is C18H14Cl2N4O3. The largest absolute Gasteiger partial charge is 0.416 e. The predicted octanol–water partition coefficient (Wildman–Crippen LogP) is 4.63. The minimum atomic E-state index is -0.198. The van der Waals surface area contributed by atoms with Crippen LogP contribution >= 0.6 is 23.2 Å². The third-order valence-electron chi connectivity index (χ3n) is 3.46. The molecule has 2 aromatic carbocycles. The van der Waals surface area contributed by atoms with Gasteiger partial charge in [-0.3, -0.25) is 9.59 Å². The molecule has 0 atom stereocenters. The van der Waals surface area contributed by atoms with Gasteiger partial charge in [-0.1, -0.05) is 23.2 Å². The number of hydrogen-bond donors (Lipinski definition) is 2. The molecule has 0 fully saturated rings. The predicted molar refractivity (Wildman–Crippen MR) is 104 cm³/mol. The van der Waals surface area contributed by atoms with E-state index in [1.807, 2.05) is 0 Å². The number of nitrogens with zero attached hydrogens (tertiary/aromatic N) is 2. The smallest absolute Gasteiger partial charge is 0.249 e. The van der Waals surface area contributed by atoms with Gasteiger partial charge in [0.15, 0.2) is 0 Å². The number of rotatable bonds is 4. The van der Waals surface area contributed by atoms with Gasteiger partial charge in [0, 0.05) is 25.2 Å². The van der Waals surface area contributed by atoms with Gasteiger partial charge in [0.1, 0.15) is 0 Å². The number of carbonyl (C=O) groups is 2. The topological polar surface area (TPSA) is 97.1 Å². The molecule has 27 heavy (non-hydrogen) atoms. The van der Waals surface area contributed by atoms with E-state index in [0.29, 0.717) is 32.5 Å². The fourth-order valence-electron chi connectivity index (χ4n) is 2.38. The fraction of sp³-hybridized carbons (Fsp3) is 0.111. The van der Waals surface area contributed by atoms with Gasteiger partial charge < -0.3 is 15.1 Å². The summed E-state index contributed by atoms with van der Waals surface area (Å²) in [5.41, 5.74) is 2.17. The summed E-state index contributed by atoms with van der Waals surface area (Å²) in [5.74, 6) is 0.0326. The number of aromatic nitrogens is 2. The molecule has 0 aliphatic carbocycles. The van der Waals surface area contributed by atoms with Crippen LogP contribution in [-0.4, -0.2) is 22.0 Å². The summed E-state index contributed by atoms with van der Waals surface area (Å²) in [6, 6.07) is 9.90. The quantitative estimate of drug-likeness (QED) is 0.660. The first-order valence-corrected chi connectivity index (χ1v) is 8.57. The van der Waals surface area contributed by atoms with Crippen molar-refractivity contribution in [2.75, 3.05) is 10.6 Å². The van der Waals surface area contributed by atoms with Gasteiger partial charge in [-0.2, -0.15) is 0 Å². The van der Waals surface area contributed by atoms with Gasteiger partial charge in [-0.25, -0.2) is 0 Å². The highest BCUT2D eigenvalue weighted by Gasteiger charge is 2.16. The molecule has 0 spiro atoms. The summed E-state index contributed by atoms with van der Waals surface area (Å²) < 4.78 is 5.69. The molecule has 1 heterocycles. The Bertz CT molecular complexity index is 953. The number of benzene rings is 2. The average molecular weight is 405 g/mol. The van der Waals surface area contributed by atoms with Gasteiger partial charge in [-0.05, 0) is 36.4 Å². The molecule has 0 unspecified atom stereocenters. The molecule has 0 saturated heterocycles. The van der Waals surface area contributed by atoms with E-state index in [9.17, 15) is 9.59 Å². The van der Waals surface area contributed by atoms with Gasteiger partial charge in [-0.15, -0.1) is 10.2 Å². The average Bonchev–Trinajstić information content (AvgIpc) is 3.03. The molecule has 0 saturated carbocycles. The van der Waals surface area contributed by atoms with E-state index in [1.54, 1.807) is 36.4 Å². The molecule has 0 bridgehead atoms. The fourth-order valence-corrected chi connectivity index (χ4v) is 2.90. The maximum Gasteiger partial charge on any atom is 0.249 e. The highest BCUT2D eigenvalue weighted by Crippen LogP contribution is 2.34. The Hall–Kier alpha value is -2.90. The Kier molecular flexibility index (Phi) is 5.43. The van der Waals surface area contributed by atoms with Crippen LogP contribution in [0, 0.1) is 0 Å². The summed E-state index contributed by atoms with van der Waals surface area (Å²) in [6.07, 6.45) is 0. The van der Waals surface area contributed by atoms with Gasteiger partial charge in [0.05, 0.1) is 21.2 Å². The molecule has 0 radical (unpaired) electrons. The van der Waals surface area contributed by atoms with Crippen LogP contribution in [0.25, 0.3) is 22.9 Å². The Morgan fingerprint density at radius 1 is 0.815 bits per heavy atom. The van der Waals surface area contributed by atoms with Crippen molar-refractivity contribution in [3.05, 3.63) is 46.4 Å². The van der Waals surface area contributed by atoms with Crippen LogP contribution in [0.3, 0.4) is 0 Å². The zero-order valence-electron chi connectivity index (χ0n) is 14.3. The number of amides is 2. The number of hydrogen-bond acceptors (Lipinski definition) is 5. The lowest BCUT2D eigenvalue weighted by molar-refractivity contribution is -0.115. The van der Waals surface area contributed by atoms with Gasteiger partial charge in [0.2, 0.25) is 23.6 Å². The second kappa shape index (κ2) is 7.77. The minimum absolute atomic E-state index is 0.198. The summed E-state index contributed by atoms with van der Waals surface area (Å²) in [6.45, 7) is 2.82. The van der Waals surface area contributed by atoms with Crippen molar-refractivity contribution in [2.45, 2.75) is 13.8 Å². The lowest BCUT2D eigenvalue weighted by atomic mass is 10.2. The normalized spacial score (nSPS) is 10.5. The van der Waals surface area contributed by atoms with Crippen molar-refractivity contribution in [2.24, 2.45) is 0 Å².